The first kappa shape index (κ1) is 10.9. The van der Waals surface area contributed by atoms with Gasteiger partial charge in [0.05, 0.1) is 11.7 Å². The lowest BCUT2D eigenvalue weighted by Crippen LogP contribution is -2.39. The van der Waals surface area contributed by atoms with Crippen molar-refractivity contribution in [3.63, 3.8) is 0 Å². The monoisotopic (exact) mass is 161 g/mol. The molecular weight excluding hydrogens is 142 g/mol. The normalized spacial score (nSPS) is 19.4. The fourth-order valence-corrected chi connectivity index (χ4v) is 0.675. The number of hydrogen-bond donors (Lipinski definition) is 3. The molecule has 3 heteroatoms. The summed E-state index contributed by atoms with van der Waals surface area (Å²) in [6.07, 6.45) is 0.377. The van der Waals surface area contributed by atoms with Gasteiger partial charge in [-0.1, -0.05) is 6.92 Å². The summed E-state index contributed by atoms with van der Waals surface area (Å²) in [5, 5.41) is 21.3. The molecule has 0 saturated heterocycles. The number of nitrogens with one attached hydrogen (secondary N) is 1. The van der Waals surface area contributed by atoms with Gasteiger partial charge in [0.15, 0.2) is 0 Å². The zero-order chi connectivity index (χ0) is 8.91. The molecule has 0 aliphatic rings. The van der Waals surface area contributed by atoms with Crippen molar-refractivity contribution in [3.8, 4) is 0 Å². The van der Waals surface area contributed by atoms with Gasteiger partial charge in [-0.25, -0.2) is 0 Å². The lowest BCUT2D eigenvalue weighted by molar-refractivity contribution is 0.0525. The van der Waals surface area contributed by atoms with Gasteiger partial charge in [0, 0.05) is 13.1 Å². The van der Waals surface area contributed by atoms with E-state index in [9.17, 15) is 5.11 Å². The third kappa shape index (κ3) is 6.28. The zero-order valence-electron chi connectivity index (χ0n) is 7.59. The molecule has 0 radical (unpaired) electrons. The molecule has 11 heavy (non-hydrogen) atoms. The van der Waals surface area contributed by atoms with Gasteiger partial charge in [0.2, 0.25) is 0 Å². The molecule has 0 bridgehead atoms. The minimum atomic E-state index is -0.644. The highest BCUT2D eigenvalue weighted by molar-refractivity contribution is 4.73. The molecule has 0 unspecified atom stereocenters. The molecule has 68 valence electrons. The molecule has 3 nitrogen and oxygen atoms in total. The summed E-state index contributed by atoms with van der Waals surface area (Å²) < 4.78 is 0. The highest BCUT2D eigenvalue weighted by atomic mass is 16.3. The van der Waals surface area contributed by atoms with Crippen molar-refractivity contribution < 1.29 is 10.2 Å². The molecule has 0 amide bonds. The van der Waals surface area contributed by atoms with E-state index in [1.807, 2.05) is 6.92 Å². The fraction of sp³-hybridized carbons (Fsp3) is 1.00. The van der Waals surface area contributed by atoms with Crippen LogP contribution in [0, 0.1) is 0 Å². The van der Waals surface area contributed by atoms with Gasteiger partial charge in [-0.15, -0.1) is 0 Å². The highest BCUT2D eigenvalue weighted by Gasteiger charge is 2.16. The van der Waals surface area contributed by atoms with Gasteiger partial charge in [0.25, 0.3) is 0 Å². The first-order valence-electron chi connectivity index (χ1n) is 4.09. The van der Waals surface area contributed by atoms with Crippen molar-refractivity contribution in [1.82, 2.24) is 5.32 Å². The summed E-state index contributed by atoms with van der Waals surface area (Å²) in [6, 6.07) is 0. The Morgan fingerprint density at radius 3 is 2.45 bits per heavy atom. The van der Waals surface area contributed by atoms with Crippen LogP contribution >= 0.6 is 0 Å². The minimum Gasteiger partial charge on any atom is -0.392 e. The number of rotatable bonds is 5. The summed E-state index contributed by atoms with van der Waals surface area (Å²) in [7, 11) is 0. The second kappa shape index (κ2) is 4.70. The second-order valence-electron chi connectivity index (χ2n) is 3.33. The molecule has 2 atom stereocenters. The van der Waals surface area contributed by atoms with E-state index in [0.717, 1.165) is 6.42 Å². The van der Waals surface area contributed by atoms with Crippen LogP contribution in [0.15, 0.2) is 0 Å². The van der Waals surface area contributed by atoms with Gasteiger partial charge < -0.3 is 15.5 Å². The molecule has 0 spiro atoms. The number of aliphatic hydroxyl groups excluding tert-OH is 1. The standard InChI is InChI=1S/C8H19NO2/c1-4-8(3,11)6-9-5-7(2)10/h7,9-11H,4-6H2,1-3H3/t7-,8+/m0/s1. The number of hydrogen-bond acceptors (Lipinski definition) is 3. The molecule has 0 aromatic rings. The Morgan fingerprint density at radius 1 is 1.55 bits per heavy atom. The summed E-state index contributed by atoms with van der Waals surface area (Å²) >= 11 is 0. The van der Waals surface area contributed by atoms with Crippen molar-refractivity contribution in [2.45, 2.75) is 38.9 Å². The van der Waals surface area contributed by atoms with Gasteiger partial charge in [-0.3, -0.25) is 0 Å². The van der Waals surface area contributed by atoms with E-state index in [2.05, 4.69) is 5.32 Å². The molecule has 0 fully saturated rings. The van der Waals surface area contributed by atoms with Crippen molar-refractivity contribution >= 4 is 0 Å². The topological polar surface area (TPSA) is 52.5 Å². The zero-order valence-corrected chi connectivity index (χ0v) is 7.59. The van der Waals surface area contributed by atoms with Gasteiger partial charge >= 0.3 is 0 Å². The lowest BCUT2D eigenvalue weighted by atomic mass is 10.0. The van der Waals surface area contributed by atoms with Crippen LogP contribution in [0.4, 0.5) is 0 Å². The lowest BCUT2D eigenvalue weighted by Gasteiger charge is -2.21. The Morgan fingerprint density at radius 2 is 2.09 bits per heavy atom. The summed E-state index contributed by atoms with van der Waals surface area (Å²) in [6.45, 7) is 6.50. The molecule has 0 aliphatic heterocycles. The van der Waals surface area contributed by atoms with E-state index < -0.39 is 5.60 Å². The maximum Gasteiger partial charge on any atom is 0.0741 e. The van der Waals surface area contributed by atoms with Crippen LogP contribution in [-0.4, -0.2) is 35.0 Å². The number of aliphatic hydroxyl groups is 2. The van der Waals surface area contributed by atoms with Crippen molar-refractivity contribution in [1.29, 1.82) is 0 Å². The largest absolute Gasteiger partial charge is 0.392 e. The Labute approximate surface area is 68.4 Å². The van der Waals surface area contributed by atoms with Crippen LogP contribution in [-0.2, 0) is 0 Å². The predicted molar refractivity (Wildman–Crippen MR) is 45.5 cm³/mol. The predicted octanol–water partition coefficient (Wildman–Crippen LogP) is 0.118. The summed E-state index contributed by atoms with van der Waals surface area (Å²) in [4.78, 5) is 0. The molecule has 0 aromatic heterocycles. The average Bonchev–Trinajstić information content (AvgIpc) is 1.87. The Hall–Kier alpha value is -0.120. The second-order valence-corrected chi connectivity index (χ2v) is 3.33. The van der Waals surface area contributed by atoms with E-state index in [4.69, 9.17) is 5.11 Å². The van der Waals surface area contributed by atoms with E-state index in [0.29, 0.717) is 13.1 Å². The van der Waals surface area contributed by atoms with Crippen molar-refractivity contribution in [2.24, 2.45) is 0 Å². The molecule has 0 aliphatic carbocycles. The van der Waals surface area contributed by atoms with Gasteiger partial charge in [-0.05, 0) is 20.3 Å². The van der Waals surface area contributed by atoms with Crippen molar-refractivity contribution in [2.75, 3.05) is 13.1 Å². The fourth-order valence-electron chi connectivity index (χ4n) is 0.675. The van der Waals surface area contributed by atoms with Gasteiger partial charge in [0.1, 0.15) is 0 Å². The highest BCUT2D eigenvalue weighted by Crippen LogP contribution is 2.05. The average molecular weight is 161 g/mol. The smallest absolute Gasteiger partial charge is 0.0741 e. The van der Waals surface area contributed by atoms with E-state index in [1.54, 1.807) is 13.8 Å². The maximum atomic E-state index is 9.49. The molecule has 3 N–H and O–H groups in total. The van der Waals surface area contributed by atoms with Crippen LogP contribution in [0.1, 0.15) is 27.2 Å². The van der Waals surface area contributed by atoms with Crippen LogP contribution in [0.5, 0.6) is 0 Å². The SMILES string of the molecule is CC[C@@](C)(O)CNC[C@H](C)O. The third-order valence-corrected chi connectivity index (χ3v) is 1.71. The quantitative estimate of drug-likeness (QED) is 0.537. The van der Waals surface area contributed by atoms with Crippen LogP contribution in [0.25, 0.3) is 0 Å². The first-order chi connectivity index (χ1) is 4.98. The Balaban J connectivity index is 3.38. The Kier molecular flexibility index (Phi) is 4.65. The summed E-state index contributed by atoms with van der Waals surface area (Å²) in [5.41, 5.74) is -0.644. The molecule has 0 rings (SSSR count). The molecule has 0 saturated carbocycles. The van der Waals surface area contributed by atoms with E-state index in [-0.39, 0.29) is 6.10 Å². The molecular formula is C8H19NO2. The van der Waals surface area contributed by atoms with Crippen LogP contribution < -0.4 is 5.32 Å². The van der Waals surface area contributed by atoms with Crippen LogP contribution in [0.2, 0.25) is 0 Å². The Bertz CT molecular complexity index is 102. The summed E-state index contributed by atoms with van der Waals surface area (Å²) in [5.74, 6) is 0. The minimum absolute atomic E-state index is 0.345. The maximum absolute atomic E-state index is 9.49. The van der Waals surface area contributed by atoms with Crippen molar-refractivity contribution in [3.05, 3.63) is 0 Å². The van der Waals surface area contributed by atoms with Gasteiger partial charge in [-0.2, -0.15) is 0 Å². The molecule has 0 aromatic carbocycles. The van der Waals surface area contributed by atoms with Crippen LogP contribution in [0.3, 0.4) is 0 Å². The molecule has 0 heterocycles. The van der Waals surface area contributed by atoms with E-state index in [1.165, 1.54) is 0 Å². The third-order valence-electron chi connectivity index (χ3n) is 1.71. The first-order valence-corrected chi connectivity index (χ1v) is 4.09. The van der Waals surface area contributed by atoms with E-state index >= 15 is 0 Å².